The lowest BCUT2D eigenvalue weighted by molar-refractivity contribution is -0.123. The third-order valence-electron chi connectivity index (χ3n) is 2.88. The summed E-state index contributed by atoms with van der Waals surface area (Å²) in [5.74, 6) is -0.0763. The van der Waals surface area contributed by atoms with Crippen LogP contribution in [-0.2, 0) is 26.0 Å². The monoisotopic (exact) mass is 314 g/mol. The predicted molar refractivity (Wildman–Crippen MR) is 80.2 cm³/mol. The molecule has 0 saturated heterocycles. The molecule has 1 rings (SSSR count). The van der Waals surface area contributed by atoms with Gasteiger partial charge in [0.05, 0.1) is 17.0 Å². The van der Waals surface area contributed by atoms with Gasteiger partial charge in [-0.3, -0.25) is 4.79 Å². The molecular weight excluding hydrogens is 292 g/mol. The number of carbonyl (C=O) groups is 1. The number of hydrogen-bond donors (Lipinski definition) is 2. The standard InChI is InChI=1S/C14H22N2O4S/c1-14(2,10-20-3)16-13(17)9-6-11-4-7-12(8-5-11)21(15,18)19/h4-5,7-8H,6,9-10H2,1-3H3,(H,16,17)(H2,15,18,19). The molecule has 0 aliphatic carbocycles. The van der Waals surface area contributed by atoms with Crippen molar-refractivity contribution in [1.29, 1.82) is 0 Å². The average molecular weight is 314 g/mol. The van der Waals surface area contributed by atoms with E-state index < -0.39 is 15.6 Å². The van der Waals surface area contributed by atoms with E-state index in [1.807, 2.05) is 13.8 Å². The van der Waals surface area contributed by atoms with Crippen LogP contribution in [0.5, 0.6) is 0 Å². The van der Waals surface area contributed by atoms with Crippen LogP contribution in [0.25, 0.3) is 0 Å². The first-order chi connectivity index (χ1) is 9.64. The molecular formula is C14H22N2O4S. The second kappa shape index (κ2) is 7.02. The van der Waals surface area contributed by atoms with Gasteiger partial charge in [-0.1, -0.05) is 12.1 Å². The molecule has 1 aromatic rings. The molecule has 0 bridgehead atoms. The number of hydrogen-bond acceptors (Lipinski definition) is 4. The van der Waals surface area contributed by atoms with Crippen LogP contribution in [-0.4, -0.2) is 33.6 Å². The van der Waals surface area contributed by atoms with E-state index in [9.17, 15) is 13.2 Å². The quantitative estimate of drug-likeness (QED) is 0.778. The fraction of sp³-hybridized carbons (Fsp3) is 0.500. The first-order valence-corrected chi connectivity index (χ1v) is 8.10. The molecule has 0 radical (unpaired) electrons. The normalized spacial score (nSPS) is 12.2. The molecule has 0 aliphatic heterocycles. The molecule has 3 N–H and O–H groups in total. The number of nitrogens with one attached hydrogen (secondary N) is 1. The lowest BCUT2D eigenvalue weighted by Crippen LogP contribution is -2.46. The lowest BCUT2D eigenvalue weighted by atomic mass is 10.1. The zero-order valence-corrected chi connectivity index (χ0v) is 13.4. The van der Waals surface area contributed by atoms with Crippen molar-refractivity contribution >= 4 is 15.9 Å². The van der Waals surface area contributed by atoms with Crippen molar-refractivity contribution in [3.05, 3.63) is 29.8 Å². The Bertz CT molecular complexity index is 579. The highest BCUT2D eigenvalue weighted by atomic mass is 32.2. The smallest absolute Gasteiger partial charge is 0.238 e. The summed E-state index contributed by atoms with van der Waals surface area (Å²) in [7, 11) is -2.09. The first-order valence-electron chi connectivity index (χ1n) is 6.56. The maximum atomic E-state index is 11.9. The summed E-state index contributed by atoms with van der Waals surface area (Å²) in [6.45, 7) is 4.20. The van der Waals surface area contributed by atoms with E-state index in [-0.39, 0.29) is 10.8 Å². The van der Waals surface area contributed by atoms with Gasteiger partial charge < -0.3 is 10.1 Å². The second-order valence-corrected chi connectivity index (χ2v) is 7.12. The number of benzene rings is 1. The van der Waals surface area contributed by atoms with Crippen molar-refractivity contribution in [2.45, 2.75) is 37.1 Å². The van der Waals surface area contributed by atoms with Crippen LogP contribution >= 0.6 is 0 Å². The Balaban J connectivity index is 2.54. The van der Waals surface area contributed by atoms with Gasteiger partial charge in [0.2, 0.25) is 15.9 Å². The molecule has 0 aromatic heterocycles. The highest BCUT2D eigenvalue weighted by Gasteiger charge is 2.19. The lowest BCUT2D eigenvalue weighted by Gasteiger charge is -2.25. The molecule has 0 heterocycles. The topological polar surface area (TPSA) is 98.5 Å². The SMILES string of the molecule is COCC(C)(C)NC(=O)CCc1ccc(S(N)(=O)=O)cc1. The zero-order chi connectivity index (χ0) is 16.1. The molecule has 0 fully saturated rings. The fourth-order valence-electron chi connectivity index (χ4n) is 1.94. The highest BCUT2D eigenvalue weighted by molar-refractivity contribution is 7.89. The van der Waals surface area contributed by atoms with Crippen LogP contribution in [0.2, 0.25) is 0 Å². The number of primary sulfonamides is 1. The molecule has 7 heteroatoms. The van der Waals surface area contributed by atoms with Gasteiger partial charge in [-0.05, 0) is 38.0 Å². The van der Waals surface area contributed by atoms with Crippen LogP contribution < -0.4 is 10.5 Å². The largest absolute Gasteiger partial charge is 0.382 e. The number of ether oxygens (including phenoxy) is 1. The molecule has 0 spiro atoms. The van der Waals surface area contributed by atoms with E-state index in [0.29, 0.717) is 19.4 Å². The van der Waals surface area contributed by atoms with Gasteiger partial charge in [0.15, 0.2) is 0 Å². The van der Waals surface area contributed by atoms with Crippen LogP contribution in [0.3, 0.4) is 0 Å². The summed E-state index contributed by atoms with van der Waals surface area (Å²) in [5.41, 5.74) is 0.464. The maximum absolute atomic E-state index is 11.9. The van der Waals surface area contributed by atoms with Gasteiger partial charge in [0, 0.05) is 13.5 Å². The summed E-state index contributed by atoms with van der Waals surface area (Å²) in [6, 6.07) is 6.20. The number of carbonyl (C=O) groups excluding carboxylic acids is 1. The van der Waals surface area contributed by atoms with Crippen LogP contribution in [0, 0.1) is 0 Å². The summed E-state index contributed by atoms with van der Waals surface area (Å²) in [6.07, 6.45) is 0.849. The van der Waals surface area contributed by atoms with Crippen molar-refractivity contribution in [2.75, 3.05) is 13.7 Å². The minimum atomic E-state index is -3.67. The van der Waals surface area contributed by atoms with E-state index in [4.69, 9.17) is 9.88 Å². The number of nitrogens with two attached hydrogens (primary N) is 1. The molecule has 0 atom stereocenters. The Morgan fingerprint density at radius 3 is 2.33 bits per heavy atom. The number of methoxy groups -OCH3 is 1. The fourth-order valence-corrected chi connectivity index (χ4v) is 2.46. The minimum absolute atomic E-state index is 0.0666. The van der Waals surface area contributed by atoms with Crippen LogP contribution in [0.1, 0.15) is 25.8 Å². The Kier molecular flexibility index (Phi) is 5.88. The van der Waals surface area contributed by atoms with E-state index in [1.165, 1.54) is 12.1 Å². The van der Waals surface area contributed by atoms with Crippen LogP contribution in [0.15, 0.2) is 29.2 Å². The minimum Gasteiger partial charge on any atom is -0.382 e. The molecule has 1 aromatic carbocycles. The van der Waals surface area contributed by atoms with Gasteiger partial charge in [-0.15, -0.1) is 0 Å². The first kappa shape index (κ1) is 17.6. The van der Waals surface area contributed by atoms with Crippen LogP contribution in [0.4, 0.5) is 0 Å². The van der Waals surface area contributed by atoms with E-state index in [1.54, 1.807) is 19.2 Å². The van der Waals surface area contributed by atoms with E-state index in [0.717, 1.165) is 5.56 Å². The summed E-state index contributed by atoms with van der Waals surface area (Å²) in [5, 5.41) is 7.91. The Morgan fingerprint density at radius 1 is 1.29 bits per heavy atom. The molecule has 118 valence electrons. The molecule has 0 aliphatic rings. The predicted octanol–water partition coefficient (Wildman–Crippen LogP) is 0.808. The average Bonchev–Trinajstić information content (AvgIpc) is 2.35. The second-order valence-electron chi connectivity index (χ2n) is 5.55. The molecule has 6 nitrogen and oxygen atoms in total. The molecule has 1 amide bonds. The van der Waals surface area contributed by atoms with Crippen molar-refractivity contribution in [1.82, 2.24) is 5.32 Å². The number of aryl methyl sites for hydroxylation is 1. The van der Waals surface area contributed by atoms with Crippen molar-refractivity contribution < 1.29 is 17.9 Å². The number of sulfonamides is 1. The van der Waals surface area contributed by atoms with Gasteiger partial charge >= 0.3 is 0 Å². The Morgan fingerprint density at radius 2 is 1.86 bits per heavy atom. The van der Waals surface area contributed by atoms with Crippen molar-refractivity contribution in [3.8, 4) is 0 Å². The van der Waals surface area contributed by atoms with Crippen molar-refractivity contribution in [3.63, 3.8) is 0 Å². The number of rotatable bonds is 7. The highest BCUT2D eigenvalue weighted by Crippen LogP contribution is 2.11. The van der Waals surface area contributed by atoms with Gasteiger partial charge in [-0.25, -0.2) is 13.6 Å². The third kappa shape index (κ3) is 6.24. The third-order valence-corrected chi connectivity index (χ3v) is 3.80. The molecule has 0 unspecified atom stereocenters. The van der Waals surface area contributed by atoms with Gasteiger partial charge in [0.1, 0.15) is 0 Å². The van der Waals surface area contributed by atoms with Gasteiger partial charge in [-0.2, -0.15) is 0 Å². The molecule has 21 heavy (non-hydrogen) atoms. The zero-order valence-electron chi connectivity index (χ0n) is 12.5. The van der Waals surface area contributed by atoms with E-state index in [2.05, 4.69) is 5.32 Å². The number of amides is 1. The summed E-state index contributed by atoms with van der Waals surface area (Å²) >= 11 is 0. The Labute approximate surface area is 125 Å². The van der Waals surface area contributed by atoms with Gasteiger partial charge in [0.25, 0.3) is 0 Å². The van der Waals surface area contributed by atoms with E-state index >= 15 is 0 Å². The summed E-state index contributed by atoms with van der Waals surface area (Å²) in [4.78, 5) is 11.9. The molecule has 0 saturated carbocycles. The van der Waals surface area contributed by atoms with Crippen molar-refractivity contribution in [2.24, 2.45) is 5.14 Å². The Hall–Kier alpha value is -1.44. The maximum Gasteiger partial charge on any atom is 0.238 e. The summed E-state index contributed by atoms with van der Waals surface area (Å²) < 4.78 is 27.3.